The fourth-order valence-corrected chi connectivity index (χ4v) is 2.12. The van der Waals surface area contributed by atoms with E-state index in [-0.39, 0.29) is 0 Å². The summed E-state index contributed by atoms with van der Waals surface area (Å²) in [6.07, 6.45) is 3.61. The first kappa shape index (κ1) is 10.9. The van der Waals surface area contributed by atoms with E-state index in [1.54, 1.807) is 6.20 Å². The van der Waals surface area contributed by atoms with Crippen LogP contribution in [0.3, 0.4) is 0 Å². The molecular formula is C15H10N4O. The summed E-state index contributed by atoms with van der Waals surface area (Å²) >= 11 is 0. The maximum absolute atomic E-state index is 5.32. The van der Waals surface area contributed by atoms with E-state index < -0.39 is 0 Å². The Kier molecular flexibility index (Phi) is 2.35. The molecule has 3 heterocycles. The Morgan fingerprint density at radius 3 is 2.95 bits per heavy atom. The van der Waals surface area contributed by atoms with Crippen LogP contribution < -0.4 is 0 Å². The minimum absolute atomic E-state index is 0.488. The van der Waals surface area contributed by atoms with Crippen molar-refractivity contribution in [3.8, 4) is 23.0 Å². The number of hydrogen-bond acceptors (Lipinski definition) is 4. The molecule has 4 aromatic rings. The Bertz CT molecular complexity index is 864. The number of H-pyrrole nitrogens is 1. The average Bonchev–Trinajstić information content (AvgIpc) is 3.16. The van der Waals surface area contributed by atoms with Crippen LogP contribution in [0, 0.1) is 0 Å². The van der Waals surface area contributed by atoms with Gasteiger partial charge in [-0.2, -0.15) is 4.98 Å². The summed E-state index contributed by atoms with van der Waals surface area (Å²) in [5.74, 6) is 0.981. The van der Waals surface area contributed by atoms with Gasteiger partial charge < -0.3 is 9.51 Å². The fraction of sp³-hybridized carbons (Fsp3) is 0. The van der Waals surface area contributed by atoms with Crippen molar-refractivity contribution in [3.05, 3.63) is 54.9 Å². The van der Waals surface area contributed by atoms with E-state index in [1.807, 2.05) is 48.7 Å². The SMILES string of the molecule is c1ccc(-c2noc(-c3ccc4cc[nH]c4c3)n2)nc1. The second-order valence-electron chi connectivity index (χ2n) is 4.42. The minimum Gasteiger partial charge on any atom is -0.361 e. The quantitative estimate of drug-likeness (QED) is 0.602. The van der Waals surface area contributed by atoms with Crippen LogP contribution in [0.4, 0.5) is 0 Å². The number of aromatic amines is 1. The molecule has 0 atom stereocenters. The van der Waals surface area contributed by atoms with Gasteiger partial charge in [-0.05, 0) is 35.7 Å². The summed E-state index contributed by atoms with van der Waals surface area (Å²) < 4.78 is 5.32. The lowest BCUT2D eigenvalue weighted by Gasteiger charge is -1.94. The van der Waals surface area contributed by atoms with Gasteiger partial charge in [0.2, 0.25) is 5.82 Å². The number of benzene rings is 1. The van der Waals surface area contributed by atoms with Gasteiger partial charge in [-0.1, -0.05) is 17.3 Å². The number of nitrogens with zero attached hydrogens (tertiary/aromatic N) is 3. The number of aromatic nitrogens is 4. The van der Waals surface area contributed by atoms with Gasteiger partial charge in [0.05, 0.1) is 0 Å². The molecule has 1 N–H and O–H groups in total. The molecule has 0 radical (unpaired) electrons. The molecule has 0 spiro atoms. The zero-order chi connectivity index (χ0) is 13.4. The van der Waals surface area contributed by atoms with Crippen LogP contribution in [-0.2, 0) is 0 Å². The van der Waals surface area contributed by atoms with Gasteiger partial charge in [-0.15, -0.1) is 0 Å². The lowest BCUT2D eigenvalue weighted by Crippen LogP contribution is -1.84. The average molecular weight is 262 g/mol. The Balaban J connectivity index is 1.77. The van der Waals surface area contributed by atoms with E-state index in [1.165, 1.54) is 0 Å². The monoisotopic (exact) mass is 262 g/mol. The van der Waals surface area contributed by atoms with Gasteiger partial charge in [-0.25, -0.2) is 0 Å². The first-order valence-corrected chi connectivity index (χ1v) is 6.23. The largest absolute Gasteiger partial charge is 0.361 e. The molecule has 0 amide bonds. The number of nitrogens with one attached hydrogen (secondary N) is 1. The smallest absolute Gasteiger partial charge is 0.258 e. The zero-order valence-electron chi connectivity index (χ0n) is 10.4. The fourth-order valence-electron chi connectivity index (χ4n) is 2.12. The first-order chi connectivity index (χ1) is 9.90. The van der Waals surface area contributed by atoms with Crippen molar-refractivity contribution in [1.29, 1.82) is 0 Å². The molecule has 4 rings (SSSR count). The van der Waals surface area contributed by atoms with E-state index in [0.717, 1.165) is 16.5 Å². The summed E-state index contributed by atoms with van der Waals surface area (Å²) in [6, 6.07) is 13.6. The third-order valence-electron chi connectivity index (χ3n) is 3.12. The number of hydrogen-bond donors (Lipinski definition) is 1. The molecule has 1 aromatic carbocycles. The predicted octanol–water partition coefficient (Wildman–Crippen LogP) is 3.28. The van der Waals surface area contributed by atoms with Crippen molar-refractivity contribution in [2.24, 2.45) is 0 Å². The highest BCUT2D eigenvalue weighted by Crippen LogP contribution is 2.24. The molecule has 96 valence electrons. The molecule has 0 bridgehead atoms. The molecule has 0 fully saturated rings. The van der Waals surface area contributed by atoms with Crippen LogP contribution in [0.5, 0.6) is 0 Å². The van der Waals surface area contributed by atoms with Crippen molar-refractivity contribution < 1.29 is 4.52 Å². The first-order valence-electron chi connectivity index (χ1n) is 6.23. The minimum atomic E-state index is 0.488. The highest BCUT2D eigenvalue weighted by atomic mass is 16.5. The van der Waals surface area contributed by atoms with Crippen molar-refractivity contribution >= 4 is 10.9 Å². The van der Waals surface area contributed by atoms with Crippen molar-refractivity contribution in [3.63, 3.8) is 0 Å². The van der Waals surface area contributed by atoms with Crippen LogP contribution >= 0.6 is 0 Å². The molecule has 0 saturated carbocycles. The summed E-state index contributed by atoms with van der Waals surface area (Å²) in [5, 5.41) is 5.12. The third-order valence-corrected chi connectivity index (χ3v) is 3.12. The summed E-state index contributed by atoms with van der Waals surface area (Å²) in [7, 11) is 0. The van der Waals surface area contributed by atoms with Crippen LogP contribution in [0.15, 0.2) is 59.4 Å². The van der Waals surface area contributed by atoms with Gasteiger partial charge >= 0.3 is 0 Å². The second kappa shape index (κ2) is 4.31. The maximum atomic E-state index is 5.32. The van der Waals surface area contributed by atoms with Gasteiger partial charge in [0.25, 0.3) is 5.89 Å². The van der Waals surface area contributed by atoms with Crippen LogP contribution in [0.1, 0.15) is 0 Å². The molecule has 5 heteroatoms. The van der Waals surface area contributed by atoms with Gasteiger partial charge in [0.15, 0.2) is 0 Å². The molecule has 5 nitrogen and oxygen atoms in total. The molecule has 0 saturated heterocycles. The molecule has 0 aliphatic carbocycles. The Hall–Kier alpha value is -2.95. The highest BCUT2D eigenvalue weighted by Gasteiger charge is 2.11. The van der Waals surface area contributed by atoms with E-state index in [2.05, 4.69) is 20.1 Å². The molecule has 0 unspecified atom stereocenters. The van der Waals surface area contributed by atoms with E-state index in [4.69, 9.17) is 4.52 Å². The molecule has 0 aliphatic rings. The van der Waals surface area contributed by atoms with Crippen molar-refractivity contribution in [1.82, 2.24) is 20.1 Å². The summed E-state index contributed by atoms with van der Waals surface area (Å²) in [6.45, 7) is 0. The predicted molar refractivity (Wildman–Crippen MR) is 74.8 cm³/mol. The van der Waals surface area contributed by atoms with E-state index in [0.29, 0.717) is 17.4 Å². The Labute approximate surface area is 114 Å². The lowest BCUT2D eigenvalue weighted by molar-refractivity contribution is 0.432. The molecular weight excluding hydrogens is 252 g/mol. The lowest BCUT2D eigenvalue weighted by atomic mass is 10.1. The third kappa shape index (κ3) is 1.76. The highest BCUT2D eigenvalue weighted by molar-refractivity contribution is 5.83. The standard InChI is InChI=1S/C15H10N4O/c1-2-7-16-12(3-1)14-18-15(20-19-14)11-5-4-10-6-8-17-13(10)9-11/h1-9,17H. The van der Waals surface area contributed by atoms with Crippen LogP contribution in [-0.4, -0.2) is 20.1 Å². The maximum Gasteiger partial charge on any atom is 0.258 e. The van der Waals surface area contributed by atoms with Crippen LogP contribution in [0.2, 0.25) is 0 Å². The zero-order valence-corrected chi connectivity index (χ0v) is 10.4. The van der Waals surface area contributed by atoms with Crippen molar-refractivity contribution in [2.75, 3.05) is 0 Å². The molecule has 0 aliphatic heterocycles. The second-order valence-corrected chi connectivity index (χ2v) is 4.42. The van der Waals surface area contributed by atoms with E-state index >= 15 is 0 Å². The molecule has 3 aromatic heterocycles. The topological polar surface area (TPSA) is 67.6 Å². The van der Waals surface area contributed by atoms with Gasteiger partial charge in [0, 0.05) is 23.5 Å². The number of pyridine rings is 1. The normalized spacial score (nSPS) is 11.0. The van der Waals surface area contributed by atoms with Crippen molar-refractivity contribution in [2.45, 2.75) is 0 Å². The van der Waals surface area contributed by atoms with Crippen LogP contribution in [0.25, 0.3) is 33.9 Å². The Morgan fingerprint density at radius 2 is 2.05 bits per heavy atom. The van der Waals surface area contributed by atoms with E-state index in [9.17, 15) is 0 Å². The number of rotatable bonds is 2. The van der Waals surface area contributed by atoms with Gasteiger partial charge in [0.1, 0.15) is 5.69 Å². The summed E-state index contributed by atoms with van der Waals surface area (Å²) in [5.41, 5.74) is 2.62. The summed E-state index contributed by atoms with van der Waals surface area (Å²) in [4.78, 5) is 11.8. The Morgan fingerprint density at radius 1 is 1.05 bits per heavy atom. The van der Waals surface area contributed by atoms with Gasteiger partial charge in [-0.3, -0.25) is 4.98 Å². The number of fused-ring (bicyclic) bond motifs is 1. The molecule has 20 heavy (non-hydrogen) atoms.